The summed E-state index contributed by atoms with van der Waals surface area (Å²) in [4.78, 5) is 23.1. The van der Waals surface area contributed by atoms with E-state index in [0.29, 0.717) is 5.75 Å². The van der Waals surface area contributed by atoms with E-state index in [0.717, 1.165) is 10.5 Å². The number of hydrazone groups is 1. The van der Waals surface area contributed by atoms with Crippen molar-refractivity contribution >= 4 is 33.5 Å². The van der Waals surface area contributed by atoms with Crippen molar-refractivity contribution < 1.29 is 22.9 Å². The number of hydrogen-bond acceptors (Lipinski definition) is 7. The second-order valence-corrected chi connectivity index (χ2v) is 8.49. The lowest BCUT2D eigenvalue weighted by Crippen LogP contribution is -2.39. The van der Waals surface area contributed by atoms with Crippen molar-refractivity contribution in [1.82, 2.24) is 5.43 Å². The first-order valence-electron chi connectivity index (χ1n) is 9.60. The van der Waals surface area contributed by atoms with Gasteiger partial charge in [-0.2, -0.15) is 5.10 Å². The number of amides is 1. The number of carbonyl (C=O) groups is 1. The number of sulfonamides is 1. The number of nitro groups is 1. The van der Waals surface area contributed by atoms with Crippen LogP contribution in [0.25, 0.3) is 0 Å². The second-order valence-electron chi connectivity index (χ2n) is 6.63. The van der Waals surface area contributed by atoms with Gasteiger partial charge in [0, 0.05) is 6.07 Å². The molecular formula is C22H20N4O6S. The van der Waals surface area contributed by atoms with Gasteiger partial charge in [0.1, 0.15) is 12.3 Å². The normalized spacial score (nSPS) is 11.2. The van der Waals surface area contributed by atoms with Crippen molar-refractivity contribution in [2.45, 2.75) is 4.90 Å². The van der Waals surface area contributed by atoms with E-state index in [1.807, 2.05) is 0 Å². The number of hydrogen-bond donors (Lipinski definition) is 1. The summed E-state index contributed by atoms with van der Waals surface area (Å²) in [5, 5.41) is 14.8. The van der Waals surface area contributed by atoms with Crippen LogP contribution in [0.2, 0.25) is 0 Å². The van der Waals surface area contributed by atoms with E-state index in [1.165, 1.54) is 49.6 Å². The van der Waals surface area contributed by atoms with E-state index in [4.69, 9.17) is 4.74 Å². The Morgan fingerprint density at radius 2 is 1.70 bits per heavy atom. The molecule has 0 aliphatic rings. The summed E-state index contributed by atoms with van der Waals surface area (Å²) in [5.74, 6) is -0.213. The van der Waals surface area contributed by atoms with E-state index in [9.17, 15) is 23.3 Å². The Morgan fingerprint density at radius 1 is 1.06 bits per heavy atom. The molecule has 11 heteroatoms. The average Bonchev–Trinajstić information content (AvgIpc) is 2.83. The summed E-state index contributed by atoms with van der Waals surface area (Å²) in [6.07, 6.45) is 1.12. The fourth-order valence-electron chi connectivity index (χ4n) is 2.89. The van der Waals surface area contributed by atoms with Gasteiger partial charge in [-0.1, -0.05) is 30.3 Å². The minimum atomic E-state index is -4.07. The van der Waals surface area contributed by atoms with Crippen LogP contribution in [0.1, 0.15) is 5.56 Å². The van der Waals surface area contributed by atoms with Gasteiger partial charge < -0.3 is 4.74 Å². The number of ether oxygens (including phenoxy) is 1. The fourth-order valence-corrected chi connectivity index (χ4v) is 4.33. The van der Waals surface area contributed by atoms with Crippen LogP contribution >= 0.6 is 0 Å². The third kappa shape index (κ3) is 5.71. The van der Waals surface area contributed by atoms with Crippen molar-refractivity contribution in [1.29, 1.82) is 0 Å². The first-order valence-corrected chi connectivity index (χ1v) is 11.0. The highest BCUT2D eigenvalue weighted by atomic mass is 32.2. The maximum absolute atomic E-state index is 13.2. The number of para-hydroxylation sites is 1. The predicted molar refractivity (Wildman–Crippen MR) is 123 cm³/mol. The molecule has 0 saturated carbocycles. The van der Waals surface area contributed by atoms with E-state index in [2.05, 4.69) is 10.5 Å². The van der Waals surface area contributed by atoms with Gasteiger partial charge in [0.25, 0.3) is 21.6 Å². The SMILES string of the molecule is COc1ccc(N(CC(=O)NN=Cc2ccccc2[N+](=O)[O-])S(=O)(=O)c2ccccc2)cc1. The molecule has 170 valence electrons. The zero-order valence-corrected chi connectivity index (χ0v) is 18.3. The molecule has 0 unspecified atom stereocenters. The third-order valence-electron chi connectivity index (χ3n) is 4.51. The molecule has 0 aliphatic carbocycles. The standard InChI is InChI=1S/C22H20N4O6S/c1-32-19-13-11-18(12-14-19)25(33(30,31)20-8-3-2-4-9-20)16-22(27)24-23-15-17-7-5-6-10-21(17)26(28)29/h2-15H,16H2,1H3,(H,24,27). The van der Waals surface area contributed by atoms with Crippen LogP contribution in [-0.4, -0.2) is 39.1 Å². The molecule has 3 aromatic rings. The van der Waals surface area contributed by atoms with E-state index >= 15 is 0 Å². The number of benzene rings is 3. The topological polar surface area (TPSA) is 131 Å². The van der Waals surface area contributed by atoms with E-state index in [1.54, 1.807) is 36.4 Å². The molecular weight excluding hydrogens is 448 g/mol. The molecule has 0 spiro atoms. The minimum Gasteiger partial charge on any atom is -0.497 e. The number of nitrogens with zero attached hydrogens (tertiary/aromatic N) is 3. The smallest absolute Gasteiger partial charge is 0.278 e. The maximum atomic E-state index is 13.2. The molecule has 0 saturated heterocycles. The highest BCUT2D eigenvalue weighted by Crippen LogP contribution is 2.25. The number of anilines is 1. The van der Waals surface area contributed by atoms with Gasteiger partial charge in [-0.25, -0.2) is 13.8 Å². The van der Waals surface area contributed by atoms with Crippen molar-refractivity contribution in [2.75, 3.05) is 18.0 Å². The lowest BCUT2D eigenvalue weighted by atomic mass is 10.2. The van der Waals surface area contributed by atoms with Gasteiger partial charge >= 0.3 is 0 Å². The van der Waals surface area contributed by atoms with Crippen molar-refractivity contribution in [3.05, 3.63) is 94.5 Å². The molecule has 0 aliphatic heterocycles. The molecule has 3 aromatic carbocycles. The summed E-state index contributed by atoms with van der Waals surface area (Å²) in [7, 11) is -2.59. The van der Waals surface area contributed by atoms with Crippen LogP contribution in [-0.2, 0) is 14.8 Å². The molecule has 1 amide bonds. The number of nitro benzene ring substituents is 1. The molecule has 0 fully saturated rings. The van der Waals surface area contributed by atoms with Gasteiger partial charge in [0.2, 0.25) is 0 Å². The Labute approximate surface area is 190 Å². The molecule has 10 nitrogen and oxygen atoms in total. The summed E-state index contributed by atoms with van der Waals surface area (Å²) >= 11 is 0. The number of nitrogens with one attached hydrogen (secondary N) is 1. The zero-order valence-electron chi connectivity index (χ0n) is 17.5. The lowest BCUT2D eigenvalue weighted by Gasteiger charge is -2.23. The zero-order chi connectivity index (χ0) is 23.8. The summed E-state index contributed by atoms with van der Waals surface area (Å²) in [6, 6.07) is 19.8. The Bertz CT molecular complexity index is 1260. The molecule has 0 atom stereocenters. The predicted octanol–water partition coefficient (Wildman–Crippen LogP) is 2.95. The number of carbonyl (C=O) groups excluding carboxylic acids is 1. The largest absolute Gasteiger partial charge is 0.497 e. The van der Waals surface area contributed by atoms with Gasteiger partial charge in [0.15, 0.2) is 0 Å². The van der Waals surface area contributed by atoms with E-state index in [-0.39, 0.29) is 21.8 Å². The number of rotatable bonds is 9. The van der Waals surface area contributed by atoms with Gasteiger partial charge in [-0.05, 0) is 42.5 Å². The van der Waals surface area contributed by atoms with Crippen LogP contribution in [0.5, 0.6) is 5.75 Å². The molecule has 0 heterocycles. The molecule has 0 radical (unpaired) electrons. The summed E-state index contributed by atoms with van der Waals surface area (Å²) in [6.45, 7) is -0.572. The Hall–Kier alpha value is -4.25. The van der Waals surface area contributed by atoms with Gasteiger partial charge in [-0.15, -0.1) is 0 Å². The lowest BCUT2D eigenvalue weighted by molar-refractivity contribution is -0.385. The molecule has 33 heavy (non-hydrogen) atoms. The highest BCUT2D eigenvalue weighted by Gasteiger charge is 2.27. The van der Waals surface area contributed by atoms with Gasteiger partial charge in [0.05, 0.1) is 34.4 Å². The first-order chi connectivity index (χ1) is 15.8. The summed E-state index contributed by atoms with van der Waals surface area (Å²) < 4.78 is 32.5. The molecule has 0 bridgehead atoms. The minimum absolute atomic E-state index is 0.0111. The quantitative estimate of drug-likeness (QED) is 0.292. The maximum Gasteiger partial charge on any atom is 0.278 e. The Kier molecular flexibility index (Phi) is 7.36. The van der Waals surface area contributed by atoms with Crippen LogP contribution in [0.3, 0.4) is 0 Å². The van der Waals surface area contributed by atoms with Crippen molar-refractivity contribution in [3.8, 4) is 5.75 Å². The monoisotopic (exact) mass is 468 g/mol. The van der Waals surface area contributed by atoms with Crippen LogP contribution in [0, 0.1) is 10.1 Å². The van der Waals surface area contributed by atoms with E-state index < -0.39 is 27.4 Å². The molecule has 3 rings (SSSR count). The average molecular weight is 468 g/mol. The fraction of sp³-hybridized carbons (Fsp3) is 0.0909. The number of methoxy groups -OCH3 is 1. The molecule has 0 aromatic heterocycles. The Morgan fingerprint density at radius 3 is 2.33 bits per heavy atom. The highest BCUT2D eigenvalue weighted by molar-refractivity contribution is 7.92. The van der Waals surface area contributed by atoms with Gasteiger partial charge in [-0.3, -0.25) is 19.2 Å². The van der Waals surface area contributed by atoms with Crippen LogP contribution in [0.4, 0.5) is 11.4 Å². The van der Waals surface area contributed by atoms with Crippen molar-refractivity contribution in [3.63, 3.8) is 0 Å². The molecule has 1 N–H and O–H groups in total. The summed E-state index contributed by atoms with van der Waals surface area (Å²) in [5.41, 5.74) is 2.48. The Balaban J connectivity index is 1.84. The second kappa shape index (κ2) is 10.4. The van der Waals surface area contributed by atoms with Crippen LogP contribution in [0.15, 0.2) is 88.9 Å². The third-order valence-corrected chi connectivity index (χ3v) is 6.29. The van der Waals surface area contributed by atoms with Crippen LogP contribution < -0.4 is 14.5 Å². The first kappa shape index (κ1) is 23.4. The van der Waals surface area contributed by atoms with Crippen molar-refractivity contribution in [2.24, 2.45) is 5.10 Å².